The monoisotopic (exact) mass is 294 g/mol. The van der Waals surface area contributed by atoms with Gasteiger partial charge in [0.15, 0.2) is 0 Å². The van der Waals surface area contributed by atoms with Crippen molar-refractivity contribution in [3.8, 4) is 23.7 Å². The third-order valence-electron chi connectivity index (χ3n) is 4.65. The lowest BCUT2D eigenvalue weighted by atomic mass is 10.1. The number of rotatable bonds is 2. The standard InChI is InChI=1S/C20H24N2/c1-2-14-21(13-1)17-5-7-19-9-11-20(12-10-19)8-6-18-22-15-3-4-16-22/h9-12H,1-4,13-18H2/p+2. The molecule has 2 nitrogen and oxygen atoms in total. The van der Waals surface area contributed by atoms with Crippen LogP contribution in [0.2, 0.25) is 0 Å². The molecule has 0 saturated carbocycles. The van der Waals surface area contributed by atoms with Gasteiger partial charge in [-0.1, -0.05) is 11.8 Å². The molecule has 0 radical (unpaired) electrons. The first kappa shape index (κ1) is 15.2. The molecule has 2 heteroatoms. The molecule has 2 aliphatic rings. The summed E-state index contributed by atoms with van der Waals surface area (Å²) in [6.07, 6.45) is 5.46. The lowest BCUT2D eigenvalue weighted by molar-refractivity contribution is -0.879. The summed E-state index contributed by atoms with van der Waals surface area (Å²) < 4.78 is 0. The van der Waals surface area contributed by atoms with E-state index in [-0.39, 0.29) is 0 Å². The number of hydrogen-bond donors (Lipinski definition) is 2. The molecular weight excluding hydrogens is 268 g/mol. The summed E-state index contributed by atoms with van der Waals surface area (Å²) in [4.78, 5) is 3.28. The Balaban J connectivity index is 1.49. The molecule has 114 valence electrons. The molecule has 1 aromatic rings. The van der Waals surface area contributed by atoms with Gasteiger partial charge in [-0.05, 0) is 36.1 Å². The minimum absolute atomic E-state index is 0.986. The second kappa shape index (κ2) is 8.04. The van der Waals surface area contributed by atoms with E-state index >= 15 is 0 Å². The van der Waals surface area contributed by atoms with Gasteiger partial charge in [0.25, 0.3) is 0 Å². The van der Waals surface area contributed by atoms with Crippen molar-refractivity contribution in [2.45, 2.75) is 25.7 Å². The van der Waals surface area contributed by atoms with Gasteiger partial charge < -0.3 is 9.80 Å². The van der Waals surface area contributed by atoms with E-state index < -0.39 is 0 Å². The molecule has 2 aliphatic heterocycles. The zero-order chi connectivity index (χ0) is 15.0. The Morgan fingerprint density at radius 3 is 1.36 bits per heavy atom. The van der Waals surface area contributed by atoms with Crippen LogP contribution in [0.3, 0.4) is 0 Å². The van der Waals surface area contributed by atoms with E-state index in [1.54, 1.807) is 9.80 Å². The Morgan fingerprint density at radius 1 is 0.636 bits per heavy atom. The van der Waals surface area contributed by atoms with Crippen LogP contribution in [-0.4, -0.2) is 39.3 Å². The SMILES string of the molecule is C(#Cc1ccc(C#CC[NH+]2CCCC2)cc1)C[NH+]1CCCC1. The second-order valence-electron chi connectivity index (χ2n) is 6.45. The van der Waals surface area contributed by atoms with Crippen molar-refractivity contribution in [1.82, 2.24) is 0 Å². The Kier molecular flexibility index (Phi) is 5.54. The number of benzene rings is 1. The fraction of sp³-hybridized carbons (Fsp3) is 0.500. The van der Waals surface area contributed by atoms with Gasteiger partial charge in [-0.2, -0.15) is 0 Å². The molecule has 0 aliphatic carbocycles. The predicted octanol–water partition coefficient (Wildman–Crippen LogP) is -0.253. The summed E-state index contributed by atoms with van der Waals surface area (Å²) in [5.41, 5.74) is 2.21. The van der Waals surface area contributed by atoms with E-state index in [1.807, 2.05) is 0 Å². The van der Waals surface area contributed by atoms with E-state index in [0.29, 0.717) is 0 Å². The van der Waals surface area contributed by atoms with Gasteiger partial charge >= 0.3 is 0 Å². The van der Waals surface area contributed by atoms with Crippen LogP contribution in [0.15, 0.2) is 24.3 Å². The molecule has 3 rings (SSSR count). The third kappa shape index (κ3) is 4.63. The van der Waals surface area contributed by atoms with Gasteiger partial charge in [0.1, 0.15) is 13.1 Å². The van der Waals surface area contributed by atoms with Crippen molar-refractivity contribution in [3.63, 3.8) is 0 Å². The molecule has 2 saturated heterocycles. The maximum atomic E-state index is 3.32. The van der Waals surface area contributed by atoms with Crippen LogP contribution in [0.5, 0.6) is 0 Å². The smallest absolute Gasteiger partial charge is 0.139 e. The molecule has 0 spiro atoms. The quantitative estimate of drug-likeness (QED) is 0.696. The van der Waals surface area contributed by atoms with Crippen molar-refractivity contribution in [3.05, 3.63) is 35.4 Å². The number of nitrogens with one attached hydrogen (secondary N) is 2. The highest BCUT2D eigenvalue weighted by Gasteiger charge is 2.13. The molecule has 22 heavy (non-hydrogen) atoms. The lowest BCUT2D eigenvalue weighted by Crippen LogP contribution is -3.09. The minimum atomic E-state index is 0.986. The molecule has 2 heterocycles. The molecule has 0 atom stereocenters. The fourth-order valence-electron chi connectivity index (χ4n) is 3.28. The highest BCUT2D eigenvalue weighted by molar-refractivity contribution is 5.41. The first-order valence-corrected chi connectivity index (χ1v) is 8.65. The van der Waals surface area contributed by atoms with E-state index in [9.17, 15) is 0 Å². The van der Waals surface area contributed by atoms with Crippen molar-refractivity contribution >= 4 is 0 Å². The van der Waals surface area contributed by atoms with Crippen molar-refractivity contribution in [2.75, 3.05) is 39.3 Å². The maximum Gasteiger partial charge on any atom is 0.139 e. The van der Waals surface area contributed by atoms with Crippen LogP contribution in [0.1, 0.15) is 36.8 Å². The minimum Gasteiger partial charge on any atom is -0.325 e. The normalized spacial score (nSPS) is 18.5. The van der Waals surface area contributed by atoms with Gasteiger partial charge in [-0.3, -0.25) is 0 Å². The van der Waals surface area contributed by atoms with Gasteiger partial charge in [0.2, 0.25) is 0 Å². The maximum absolute atomic E-state index is 3.32. The second-order valence-corrected chi connectivity index (χ2v) is 6.45. The van der Waals surface area contributed by atoms with E-state index in [4.69, 9.17) is 0 Å². The average molecular weight is 294 g/mol. The van der Waals surface area contributed by atoms with Crippen LogP contribution in [0.25, 0.3) is 0 Å². The van der Waals surface area contributed by atoms with Crippen molar-refractivity contribution in [2.24, 2.45) is 0 Å². The Hall–Kier alpha value is -1.74. The molecule has 2 fully saturated rings. The summed E-state index contributed by atoms with van der Waals surface area (Å²) in [7, 11) is 0. The summed E-state index contributed by atoms with van der Waals surface area (Å²) in [6.45, 7) is 7.15. The highest BCUT2D eigenvalue weighted by atomic mass is 15.1. The first-order valence-electron chi connectivity index (χ1n) is 8.65. The zero-order valence-corrected chi connectivity index (χ0v) is 13.4. The zero-order valence-electron chi connectivity index (χ0n) is 13.4. The summed E-state index contributed by atoms with van der Waals surface area (Å²) in [5.74, 6) is 13.2. The van der Waals surface area contributed by atoms with Crippen LogP contribution in [-0.2, 0) is 0 Å². The van der Waals surface area contributed by atoms with E-state index in [1.165, 1.54) is 51.9 Å². The van der Waals surface area contributed by atoms with Crippen LogP contribution < -0.4 is 9.80 Å². The molecule has 0 amide bonds. The molecule has 2 N–H and O–H groups in total. The Bertz CT molecular complexity index is 528. The Morgan fingerprint density at radius 2 is 1.00 bits per heavy atom. The number of quaternary nitrogens is 2. The average Bonchev–Trinajstić information content (AvgIpc) is 3.22. The lowest BCUT2D eigenvalue weighted by Gasteiger charge is -2.06. The number of likely N-dealkylation sites (tertiary alicyclic amines) is 2. The molecule has 0 aromatic heterocycles. The van der Waals surface area contributed by atoms with Crippen LogP contribution in [0, 0.1) is 23.7 Å². The van der Waals surface area contributed by atoms with Gasteiger partial charge in [0, 0.05) is 36.8 Å². The molecule has 1 aromatic carbocycles. The summed E-state index contributed by atoms with van der Waals surface area (Å²) in [6, 6.07) is 8.39. The predicted molar refractivity (Wildman–Crippen MR) is 89.8 cm³/mol. The van der Waals surface area contributed by atoms with Crippen molar-refractivity contribution < 1.29 is 9.80 Å². The largest absolute Gasteiger partial charge is 0.325 e. The molecular formula is C20H26N2+2. The van der Waals surface area contributed by atoms with Gasteiger partial charge in [-0.15, -0.1) is 0 Å². The third-order valence-corrected chi connectivity index (χ3v) is 4.65. The van der Waals surface area contributed by atoms with E-state index in [0.717, 1.165) is 24.2 Å². The number of hydrogen-bond acceptors (Lipinski definition) is 0. The molecule has 0 bridgehead atoms. The topological polar surface area (TPSA) is 8.88 Å². The fourth-order valence-corrected chi connectivity index (χ4v) is 3.28. The highest BCUT2D eigenvalue weighted by Crippen LogP contribution is 2.01. The van der Waals surface area contributed by atoms with E-state index in [2.05, 4.69) is 47.9 Å². The summed E-state index contributed by atoms with van der Waals surface area (Å²) in [5, 5.41) is 0. The van der Waals surface area contributed by atoms with Gasteiger partial charge in [-0.25, -0.2) is 0 Å². The first-order chi connectivity index (χ1) is 10.9. The summed E-state index contributed by atoms with van der Waals surface area (Å²) >= 11 is 0. The Labute approximate surface area is 134 Å². The van der Waals surface area contributed by atoms with Crippen molar-refractivity contribution in [1.29, 1.82) is 0 Å². The van der Waals surface area contributed by atoms with Gasteiger partial charge in [0.05, 0.1) is 26.2 Å². The van der Waals surface area contributed by atoms with Crippen LogP contribution >= 0.6 is 0 Å². The molecule has 0 unspecified atom stereocenters. The van der Waals surface area contributed by atoms with Crippen LogP contribution in [0.4, 0.5) is 0 Å².